The number of benzene rings is 1. The maximum Gasteiger partial charge on any atom is 0.315 e. The SMILES string of the molecule is COc1ccc(S(=O)(=O)CCc2noc(C(=O)NCC3CCCO3)n2)cc1. The third-order valence-corrected chi connectivity index (χ3v) is 5.92. The lowest BCUT2D eigenvalue weighted by molar-refractivity contribution is 0.0822. The van der Waals surface area contributed by atoms with Crippen molar-refractivity contribution in [1.82, 2.24) is 15.5 Å². The lowest BCUT2D eigenvalue weighted by Gasteiger charge is -2.08. The summed E-state index contributed by atoms with van der Waals surface area (Å²) in [6.07, 6.45) is 1.93. The van der Waals surface area contributed by atoms with Crippen LogP contribution in [0.4, 0.5) is 0 Å². The number of carbonyl (C=O) groups is 1. The fourth-order valence-corrected chi connectivity index (χ4v) is 3.90. The predicted molar refractivity (Wildman–Crippen MR) is 94.4 cm³/mol. The molecule has 0 spiro atoms. The van der Waals surface area contributed by atoms with Crippen LogP contribution in [0.15, 0.2) is 33.7 Å². The van der Waals surface area contributed by atoms with E-state index in [4.69, 9.17) is 14.0 Å². The second-order valence-corrected chi connectivity index (χ2v) is 8.21. The maximum atomic E-state index is 12.4. The van der Waals surface area contributed by atoms with Crippen LogP contribution in [-0.2, 0) is 21.0 Å². The van der Waals surface area contributed by atoms with Gasteiger partial charge in [0.05, 0.1) is 23.9 Å². The molecule has 1 atom stereocenters. The number of sulfone groups is 1. The Morgan fingerprint density at radius 1 is 1.33 bits per heavy atom. The molecule has 27 heavy (non-hydrogen) atoms. The van der Waals surface area contributed by atoms with Gasteiger partial charge < -0.3 is 19.3 Å². The molecule has 2 heterocycles. The van der Waals surface area contributed by atoms with Crippen molar-refractivity contribution in [2.75, 3.05) is 26.0 Å². The summed E-state index contributed by atoms with van der Waals surface area (Å²) in [4.78, 5) is 16.2. The number of rotatable bonds is 8. The van der Waals surface area contributed by atoms with Gasteiger partial charge in [-0.1, -0.05) is 5.16 Å². The van der Waals surface area contributed by atoms with E-state index in [1.54, 1.807) is 12.1 Å². The fraction of sp³-hybridized carbons (Fsp3) is 0.471. The predicted octanol–water partition coefficient (Wildman–Crippen LogP) is 1.00. The molecular weight excluding hydrogens is 374 g/mol. The number of hydrogen-bond donors (Lipinski definition) is 1. The highest BCUT2D eigenvalue weighted by atomic mass is 32.2. The van der Waals surface area contributed by atoms with E-state index < -0.39 is 15.7 Å². The van der Waals surface area contributed by atoms with Gasteiger partial charge in [0.1, 0.15) is 5.75 Å². The minimum Gasteiger partial charge on any atom is -0.497 e. The highest BCUT2D eigenvalue weighted by Gasteiger charge is 2.21. The van der Waals surface area contributed by atoms with E-state index in [0.29, 0.717) is 18.9 Å². The molecule has 9 nitrogen and oxygen atoms in total. The minimum absolute atomic E-state index is 0.00554. The molecule has 1 unspecified atom stereocenters. The van der Waals surface area contributed by atoms with Gasteiger partial charge in [-0.3, -0.25) is 4.79 Å². The van der Waals surface area contributed by atoms with Gasteiger partial charge in [-0.25, -0.2) is 8.42 Å². The van der Waals surface area contributed by atoms with Crippen LogP contribution in [-0.4, -0.2) is 56.6 Å². The first kappa shape index (κ1) is 19.3. The number of nitrogens with one attached hydrogen (secondary N) is 1. The molecule has 1 saturated heterocycles. The lowest BCUT2D eigenvalue weighted by Crippen LogP contribution is -2.31. The average molecular weight is 395 g/mol. The van der Waals surface area contributed by atoms with Gasteiger partial charge in [-0.2, -0.15) is 4.98 Å². The summed E-state index contributed by atoms with van der Waals surface area (Å²) in [5, 5.41) is 6.35. The summed E-state index contributed by atoms with van der Waals surface area (Å²) in [6.45, 7) is 1.08. The van der Waals surface area contributed by atoms with Crippen LogP contribution in [0.3, 0.4) is 0 Å². The lowest BCUT2D eigenvalue weighted by atomic mass is 10.2. The molecule has 3 rings (SSSR count). The molecule has 10 heteroatoms. The molecule has 146 valence electrons. The molecule has 1 amide bonds. The molecule has 0 bridgehead atoms. The Morgan fingerprint density at radius 3 is 2.78 bits per heavy atom. The molecule has 1 aromatic heterocycles. The molecule has 2 aromatic rings. The summed E-state index contributed by atoms with van der Waals surface area (Å²) < 4.78 is 40.1. The molecule has 0 aliphatic carbocycles. The van der Waals surface area contributed by atoms with Crippen molar-refractivity contribution in [1.29, 1.82) is 0 Å². The number of aryl methyl sites for hydroxylation is 1. The van der Waals surface area contributed by atoms with Crippen LogP contribution in [0.25, 0.3) is 0 Å². The van der Waals surface area contributed by atoms with Gasteiger partial charge in [0.15, 0.2) is 15.7 Å². The molecule has 0 saturated carbocycles. The molecule has 1 aliphatic rings. The Hall–Kier alpha value is -2.46. The van der Waals surface area contributed by atoms with E-state index in [9.17, 15) is 13.2 Å². The number of aromatic nitrogens is 2. The smallest absolute Gasteiger partial charge is 0.315 e. The summed E-state index contributed by atoms with van der Waals surface area (Å²) in [5.41, 5.74) is 0. The van der Waals surface area contributed by atoms with E-state index in [-0.39, 0.29) is 34.9 Å². The zero-order valence-electron chi connectivity index (χ0n) is 14.9. The number of ether oxygens (including phenoxy) is 2. The number of nitrogens with zero attached hydrogens (tertiary/aromatic N) is 2. The van der Waals surface area contributed by atoms with Crippen LogP contribution in [0.2, 0.25) is 0 Å². The Bertz CT molecular complexity index is 872. The van der Waals surface area contributed by atoms with Crippen molar-refractivity contribution in [3.05, 3.63) is 36.0 Å². The van der Waals surface area contributed by atoms with Gasteiger partial charge in [0, 0.05) is 19.6 Å². The van der Waals surface area contributed by atoms with E-state index in [1.165, 1.54) is 19.2 Å². The Balaban J connectivity index is 1.54. The van der Waals surface area contributed by atoms with Gasteiger partial charge in [0.2, 0.25) is 0 Å². The Labute approximate surface area is 157 Å². The minimum atomic E-state index is -3.51. The largest absolute Gasteiger partial charge is 0.497 e. The van der Waals surface area contributed by atoms with Crippen molar-refractivity contribution >= 4 is 15.7 Å². The first-order valence-electron chi connectivity index (χ1n) is 8.57. The van der Waals surface area contributed by atoms with Crippen molar-refractivity contribution in [3.63, 3.8) is 0 Å². The highest BCUT2D eigenvalue weighted by molar-refractivity contribution is 7.91. The van der Waals surface area contributed by atoms with Crippen LogP contribution in [0, 0.1) is 0 Å². The van der Waals surface area contributed by atoms with E-state index in [1.807, 2.05) is 0 Å². The monoisotopic (exact) mass is 395 g/mol. The molecule has 1 aliphatic heterocycles. The summed E-state index contributed by atoms with van der Waals surface area (Å²) in [7, 11) is -2.00. The number of hydrogen-bond acceptors (Lipinski definition) is 8. The van der Waals surface area contributed by atoms with Crippen molar-refractivity contribution in [3.8, 4) is 5.75 Å². The summed E-state index contributed by atoms with van der Waals surface area (Å²) >= 11 is 0. The van der Waals surface area contributed by atoms with Crippen molar-refractivity contribution in [2.24, 2.45) is 0 Å². The van der Waals surface area contributed by atoms with Gasteiger partial charge >= 0.3 is 11.8 Å². The molecule has 1 fully saturated rings. The Kier molecular flexibility index (Phi) is 6.07. The summed E-state index contributed by atoms with van der Waals surface area (Å²) in [5.74, 6) is -0.150. The standard InChI is InChI=1S/C17H21N3O6S/c1-24-12-4-6-14(7-5-12)27(22,23)10-8-15-19-17(26-20-15)16(21)18-11-13-3-2-9-25-13/h4-7,13H,2-3,8-11H2,1H3,(H,18,21). The highest BCUT2D eigenvalue weighted by Crippen LogP contribution is 2.17. The number of carbonyl (C=O) groups excluding carboxylic acids is 1. The number of methoxy groups -OCH3 is 1. The van der Waals surface area contributed by atoms with Crippen LogP contribution in [0.5, 0.6) is 5.75 Å². The second kappa shape index (κ2) is 8.49. The fourth-order valence-electron chi connectivity index (χ4n) is 2.66. The first-order chi connectivity index (χ1) is 13.0. The second-order valence-electron chi connectivity index (χ2n) is 6.11. The van der Waals surface area contributed by atoms with Crippen molar-refractivity contribution in [2.45, 2.75) is 30.3 Å². The first-order valence-corrected chi connectivity index (χ1v) is 10.2. The zero-order valence-corrected chi connectivity index (χ0v) is 15.7. The van der Waals surface area contributed by atoms with Crippen molar-refractivity contribution < 1.29 is 27.2 Å². The molecule has 1 aromatic carbocycles. The number of amides is 1. The van der Waals surface area contributed by atoms with E-state index in [0.717, 1.165) is 12.8 Å². The molecular formula is C17H21N3O6S. The van der Waals surface area contributed by atoms with Gasteiger partial charge in [-0.15, -0.1) is 0 Å². The Morgan fingerprint density at radius 2 is 2.11 bits per heavy atom. The maximum absolute atomic E-state index is 12.4. The normalized spacial score (nSPS) is 17.0. The molecule has 0 radical (unpaired) electrons. The van der Waals surface area contributed by atoms with Crippen LogP contribution < -0.4 is 10.1 Å². The third kappa shape index (κ3) is 5.04. The quantitative estimate of drug-likeness (QED) is 0.703. The van der Waals surface area contributed by atoms with Gasteiger partial charge in [0.25, 0.3) is 0 Å². The van der Waals surface area contributed by atoms with Crippen LogP contribution in [0.1, 0.15) is 29.4 Å². The molecule has 1 N–H and O–H groups in total. The third-order valence-electron chi connectivity index (χ3n) is 4.19. The van der Waals surface area contributed by atoms with Gasteiger partial charge in [-0.05, 0) is 37.1 Å². The average Bonchev–Trinajstić information content (AvgIpc) is 3.36. The topological polar surface area (TPSA) is 121 Å². The van der Waals surface area contributed by atoms with Crippen LogP contribution >= 0.6 is 0 Å². The summed E-state index contributed by atoms with van der Waals surface area (Å²) in [6, 6.07) is 6.12. The van der Waals surface area contributed by atoms with E-state index >= 15 is 0 Å². The van der Waals surface area contributed by atoms with E-state index in [2.05, 4.69) is 15.5 Å². The zero-order chi connectivity index (χ0) is 19.3.